The molecule has 2 nitrogen and oxygen atoms in total. The highest BCUT2D eigenvalue weighted by Gasteiger charge is 2.34. The average molecular weight is 234 g/mol. The van der Waals surface area contributed by atoms with E-state index in [1.54, 1.807) is 0 Å². The molecule has 1 aromatic rings. The number of rotatable bonds is 2. The molecule has 1 aromatic carbocycles. The fourth-order valence-electron chi connectivity index (χ4n) is 1.49. The van der Waals surface area contributed by atoms with Gasteiger partial charge in [-0.25, -0.2) is 0 Å². The SMILES string of the molecule is Cc1ccc(C(C)(C)C(=O)OC(C)(C)C)cc1. The first-order valence-electron chi connectivity index (χ1n) is 5.93. The zero-order chi connectivity index (χ0) is 13.3. The third-order valence-electron chi connectivity index (χ3n) is 2.68. The smallest absolute Gasteiger partial charge is 0.316 e. The molecule has 0 unspecified atom stereocenters. The number of ether oxygens (including phenoxy) is 1. The largest absolute Gasteiger partial charge is 0.459 e. The van der Waals surface area contributed by atoms with Crippen molar-refractivity contribution in [2.75, 3.05) is 0 Å². The molecule has 0 aliphatic heterocycles. The topological polar surface area (TPSA) is 26.3 Å². The molecule has 17 heavy (non-hydrogen) atoms. The number of carbonyl (C=O) groups is 1. The summed E-state index contributed by atoms with van der Waals surface area (Å²) < 4.78 is 5.45. The van der Waals surface area contributed by atoms with Crippen molar-refractivity contribution in [2.45, 2.75) is 52.6 Å². The van der Waals surface area contributed by atoms with Crippen molar-refractivity contribution in [1.29, 1.82) is 0 Å². The van der Waals surface area contributed by atoms with Crippen molar-refractivity contribution in [3.05, 3.63) is 35.4 Å². The predicted molar refractivity (Wildman–Crippen MR) is 70.1 cm³/mol. The summed E-state index contributed by atoms with van der Waals surface area (Å²) in [6, 6.07) is 8.00. The van der Waals surface area contributed by atoms with E-state index in [-0.39, 0.29) is 5.97 Å². The maximum absolute atomic E-state index is 12.1. The number of aryl methyl sites for hydroxylation is 1. The van der Waals surface area contributed by atoms with Crippen molar-refractivity contribution in [3.63, 3.8) is 0 Å². The molecule has 94 valence electrons. The summed E-state index contributed by atoms with van der Waals surface area (Å²) in [5.74, 6) is -0.186. The van der Waals surface area contributed by atoms with Crippen LogP contribution in [-0.4, -0.2) is 11.6 Å². The molecule has 0 aliphatic rings. The van der Waals surface area contributed by atoms with Gasteiger partial charge in [0.2, 0.25) is 0 Å². The van der Waals surface area contributed by atoms with Gasteiger partial charge in [-0.3, -0.25) is 4.79 Å². The summed E-state index contributed by atoms with van der Waals surface area (Å²) >= 11 is 0. The Labute approximate surface area is 104 Å². The standard InChI is InChI=1S/C15H22O2/c1-11-7-9-12(10-8-11)15(5,6)13(16)17-14(2,3)4/h7-10H,1-6H3. The van der Waals surface area contributed by atoms with Crippen molar-refractivity contribution >= 4 is 5.97 Å². The van der Waals surface area contributed by atoms with Crippen molar-refractivity contribution in [1.82, 2.24) is 0 Å². The molecule has 0 atom stereocenters. The molecular formula is C15H22O2. The maximum Gasteiger partial charge on any atom is 0.316 e. The zero-order valence-corrected chi connectivity index (χ0v) is 11.6. The highest BCUT2D eigenvalue weighted by atomic mass is 16.6. The van der Waals surface area contributed by atoms with E-state index in [1.807, 2.05) is 65.8 Å². The number of carbonyl (C=O) groups excluding carboxylic acids is 1. The molecule has 0 aromatic heterocycles. The third kappa shape index (κ3) is 3.58. The van der Waals surface area contributed by atoms with Crippen LogP contribution in [0, 0.1) is 6.92 Å². The summed E-state index contributed by atoms with van der Waals surface area (Å²) in [4.78, 5) is 12.1. The van der Waals surface area contributed by atoms with Gasteiger partial charge in [0.25, 0.3) is 0 Å². The van der Waals surface area contributed by atoms with E-state index in [0.29, 0.717) is 0 Å². The van der Waals surface area contributed by atoms with Gasteiger partial charge in [-0.15, -0.1) is 0 Å². The first-order valence-corrected chi connectivity index (χ1v) is 5.93. The summed E-state index contributed by atoms with van der Waals surface area (Å²) in [5.41, 5.74) is 1.12. The minimum atomic E-state index is -0.610. The number of benzene rings is 1. The Kier molecular flexibility index (Phi) is 3.65. The fourth-order valence-corrected chi connectivity index (χ4v) is 1.49. The lowest BCUT2D eigenvalue weighted by Crippen LogP contribution is -2.36. The summed E-state index contributed by atoms with van der Waals surface area (Å²) in [6.45, 7) is 11.5. The van der Waals surface area contributed by atoms with E-state index < -0.39 is 11.0 Å². The Hall–Kier alpha value is -1.31. The van der Waals surface area contributed by atoms with E-state index in [0.717, 1.165) is 5.56 Å². The van der Waals surface area contributed by atoms with Crippen LogP contribution in [0.5, 0.6) is 0 Å². The van der Waals surface area contributed by atoms with E-state index in [9.17, 15) is 4.79 Å². The van der Waals surface area contributed by atoms with Crippen molar-refractivity contribution < 1.29 is 9.53 Å². The minimum absolute atomic E-state index is 0.186. The second-order valence-corrected chi connectivity index (χ2v) is 5.99. The summed E-state index contributed by atoms with van der Waals surface area (Å²) in [5, 5.41) is 0. The average Bonchev–Trinajstić information content (AvgIpc) is 2.15. The molecule has 0 amide bonds. The quantitative estimate of drug-likeness (QED) is 0.731. The lowest BCUT2D eigenvalue weighted by atomic mass is 9.84. The molecule has 0 heterocycles. The molecule has 0 N–H and O–H groups in total. The summed E-state index contributed by atoms with van der Waals surface area (Å²) in [6.07, 6.45) is 0. The van der Waals surface area contributed by atoms with Crippen LogP contribution in [-0.2, 0) is 14.9 Å². The first-order chi connectivity index (χ1) is 7.63. The van der Waals surface area contributed by atoms with E-state index in [4.69, 9.17) is 4.74 Å². The normalized spacial score (nSPS) is 12.4. The molecule has 0 radical (unpaired) electrons. The molecule has 0 saturated carbocycles. The van der Waals surface area contributed by atoms with Gasteiger partial charge in [-0.1, -0.05) is 29.8 Å². The third-order valence-corrected chi connectivity index (χ3v) is 2.68. The van der Waals surface area contributed by atoms with Crippen LogP contribution < -0.4 is 0 Å². The maximum atomic E-state index is 12.1. The Bertz CT molecular complexity index is 394. The molecule has 2 heteroatoms. The predicted octanol–water partition coefficient (Wildman–Crippen LogP) is 3.61. The van der Waals surface area contributed by atoms with Gasteiger partial charge in [0.1, 0.15) is 5.60 Å². The molecule has 0 bridgehead atoms. The van der Waals surface area contributed by atoms with Crippen LogP contribution in [0.15, 0.2) is 24.3 Å². The second-order valence-electron chi connectivity index (χ2n) is 5.99. The lowest BCUT2D eigenvalue weighted by molar-refractivity contribution is -0.160. The number of hydrogen-bond donors (Lipinski definition) is 0. The fraction of sp³-hybridized carbons (Fsp3) is 0.533. The molecule has 0 saturated heterocycles. The highest BCUT2D eigenvalue weighted by Crippen LogP contribution is 2.27. The zero-order valence-electron chi connectivity index (χ0n) is 11.6. The van der Waals surface area contributed by atoms with Crippen LogP contribution in [0.4, 0.5) is 0 Å². The highest BCUT2D eigenvalue weighted by molar-refractivity contribution is 5.82. The van der Waals surface area contributed by atoms with Crippen LogP contribution in [0.1, 0.15) is 45.7 Å². The monoisotopic (exact) mass is 234 g/mol. The molecule has 0 aliphatic carbocycles. The first kappa shape index (κ1) is 13.8. The number of esters is 1. The van der Waals surface area contributed by atoms with Gasteiger partial charge in [0.05, 0.1) is 5.41 Å². The van der Waals surface area contributed by atoms with Gasteiger partial charge in [0, 0.05) is 0 Å². The Morgan fingerprint density at radius 1 is 1.00 bits per heavy atom. The van der Waals surface area contributed by atoms with Crippen LogP contribution in [0.25, 0.3) is 0 Å². The molecule has 0 fully saturated rings. The van der Waals surface area contributed by atoms with Gasteiger partial charge in [0.15, 0.2) is 0 Å². The van der Waals surface area contributed by atoms with Crippen LogP contribution in [0.3, 0.4) is 0 Å². The van der Waals surface area contributed by atoms with Gasteiger partial charge < -0.3 is 4.74 Å². The molecule has 1 rings (SSSR count). The van der Waals surface area contributed by atoms with E-state index in [1.165, 1.54) is 5.56 Å². The van der Waals surface area contributed by atoms with Gasteiger partial charge in [-0.2, -0.15) is 0 Å². The Balaban J connectivity index is 2.94. The minimum Gasteiger partial charge on any atom is -0.459 e. The second kappa shape index (κ2) is 4.52. The van der Waals surface area contributed by atoms with E-state index >= 15 is 0 Å². The number of hydrogen-bond acceptors (Lipinski definition) is 2. The van der Waals surface area contributed by atoms with Gasteiger partial charge in [-0.05, 0) is 47.1 Å². The summed E-state index contributed by atoms with van der Waals surface area (Å²) in [7, 11) is 0. The van der Waals surface area contributed by atoms with Crippen LogP contribution in [0.2, 0.25) is 0 Å². The Morgan fingerprint density at radius 2 is 1.47 bits per heavy atom. The molecule has 0 spiro atoms. The van der Waals surface area contributed by atoms with Crippen LogP contribution >= 0.6 is 0 Å². The van der Waals surface area contributed by atoms with Crippen molar-refractivity contribution in [3.8, 4) is 0 Å². The molecular weight excluding hydrogens is 212 g/mol. The van der Waals surface area contributed by atoms with E-state index in [2.05, 4.69) is 0 Å². The van der Waals surface area contributed by atoms with Crippen molar-refractivity contribution in [2.24, 2.45) is 0 Å². The lowest BCUT2D eigenvalue weighted by Gasteiger charge is -2.28. The van der Waals surface area contributed by atoms with Gasteiger partial charge >= 0.3 is 5.97 Å². The Morgan fingerprint density at radius 3 is 1.88 bits per heavy atom.